The Hall–Kier alpha value is -4.19. The fourth-order valence-corrected chi connectivity index (χ4v) is 8.03. The first-order valence-corrected chi connectivity index (χ1v) is 30.0. The van der Waals surface area contributed by atoms with Gasteiger partial charge < -0.3 is 14.2 Å². The first kappa shape index (κ1) is 68.8. The molecule has 0 radical (unpaired) electrons. The molecule has 0 amide bonds. The minimum Gasteiger partial charge on any atom is -0.462 e. The Morgan fingerprint density at radius 1 is 0.288 bits per heavy atom. The minimum absolute atomic E-state index is 0.105. The lowest BCUT2D eigenvalue weighted by atomic mass is 10.0. The van der Waals surface area contributed by atoms with Crippen molar-refractivity contribution >= 4 is 17.9 Å². The fraction of sp³-hybridized carbons (Fsp3) is 0.657. The highest BCUT2D eigenvalue weighted by Gasteiger charge is 2.19. The first-order chi connectivity index (χ1) is 36.0. The van der Waals surface area contributed by atoms with E-state index in [2.05, 4.69) is 142 Å². The Labute approximate surface area is 450 Å². The predicted octanol–water partition coefficient (Wildman–Crippen LogP) is 20.4. The summed E-state index contributed by atoms with van der Waals surface area (Å²) in [6, 6.07) is 0. The van der Waals surface area contributed by atoms with Crippen molar-refractivity contribution in [2.45, 2.75) is 271 Å². The summed E-state index contributed by atoms with van der Waals surface area (Å²) in [4.78, 5) is 38.2. The van der Waals surface area contributed by atoms with Gasteiger partial charge in [0.1, 0.15) is 13.2 Å². The van der Waals surface area contributed by atoms with Gasteiger partial charge in [-0.05, 0) is 103 Å². The van der Waals surface area contributed by atoms with Gasteiger partial charge in [0.2, 0.25) is 0 Å². The first-order valence-electron chi connectivity index (χ1n) is 30.0. The SMILES string of the molecule is CC/C=C\C/C=C\C/C=C\C/C=C\C/C=C\CCCCCCCCCC(=O)OCC(COC(=O)CCCCCCCCCCCCCCCCC)OC(=O)CCC/C=C\C/C=C\C/C=C\C/C=C\C/C=C\CC. The van der Waals surface area contributed by atoms with Gasteiger partial charge in [-0.2, -0.15) is 0 Å². The van der Waals surface area contributed by atoms with E-state index in [1.54, 1.807) is 0 Å². The lowest BCUT2D eigenvalue weighted by molar-refractivity contribution is -0.167. The average molecular weight is 1010 g/mol. The average Bonchev–Trinajstić information content (AvgIpc) is 3.39. The van der Waals surface area contributed by atoms with Gasteiger partial charge >= 0.3 is 17.9 Å². The van der Waals surface area contributed by atoms with E-state index >= 15 is 0 Å². The highest BCUT2D eigenvalue weighted by molar-refractivity contribution is 5.71. The van der Waals surface area contributed by atoms with Crippen LogP contribution in [0.5, 0.6) is 0 Å². The molecule has 6 heteroatoms. The second kappa shape index (κ2) is 60.4. The Bertz CT molecular complexity index is 1540. The molecule has 0 aromatic heterocycles. The summed E-state index contributed by atoms with van der Waals surface area (Å²) in [7, 11) is 0. The Balaban J connectivity index is 4.47. The van der Waals surface area contributed by atoms with Crippen LogP contribution in [0.1, 0.15) is 265 Å². The van der Waals surface area contributed by atoms with Crippen molar-refractivity contribution in [3.05, 3.63) is 122 Å². The monoisotopic (exact) mass is 1010 g/mol. The Morgan fingerprint density at radius 3 is 0.877 bits per heavy atom. The topological polar surface area (TPSA) is 78.9 Å². The molecule has 0 N–H and O–H groups in total. The molecule has 6 nitrogen and oxygen atoms in total. The number of rotatable bonds is 53. The van der Waals surface area contributed by atoms with Crippen LogP contribution in [0.15, 0.2) is 122 Å². The van der Waals surface area contributed by atoms with Crippen molar-refractivity contribution in [1.82, 2.24) is 0 Å². The molecule has 414 valence electrons. The van der Waals surface area contributed by atoms with E-state index in [1.807, 2.05) is 0 Å². The minimum atomic E-state index is -0.815. The number of carbonyl (C=O) groups excluding carboxylic acids is 3. The fourth-order valence-electron chi connectivity index (χ4n) is 8.03. The van der Waals surface area contributed by atoms with Crippen LogP contribution in [0.4, 0.5) is 0 Å². The molecule has 0 aromatic rings. The summed E-state index contributed by atoms with van der Waals surface area (Å²) in [6.45, 7) is 6.37. The van der Waals surface area contributed by atoms with E-state index < -0.39 is 6.10 Å². The zero-order valence-electron chi connectivity index (χ0n) is 47.4. The van der Waals surface area contributed by atoms with Crippen LogP contribution < -0.4 is 0 Å². The maximum atomic E-state index is 12.9. The van der Waals surface area contributed by atoms with E-state index in [0.29, 0.717) is 19.3 Å². The van der Waals surface area contributed by atoms with Crippen molar-refractivity contribution in [3.8, 4) is 0 Å². The molecule has 73 heavy (non-hydrogen) atoms. The number of unbranched alkanes of at least 4 members (excludes halogenated alkanes) is 22. The van der Waals surface area contributed by atoms with Crippen LogP contribution in [0.25, 0.3) is 0 Å². The lowest BCUT2D eigenvalue weighted by Gasteiger charge is -2.18. The van der Waals surface area contributed by atoms with Gasteiger partial charge in [-0.1, -0.05) is 264 Å². The summed E-state index contributed by atoms with van der Waals surface area (Å²) >= 11 is 0. The molecular formula is C67H110O6. The summed E-state index contributed by atoms with van der Waals surface area (Å²) < 4.78 is 16.8. The molecule has 1 atom stereocenters. The molecule has 0 spiro atoms. The molecule has 0 saturated carbocycles. The van der Waals surface area contributed by atoms with Gasteiger partial charge in [-0.3, -0.25) is 14.4 Å². The zero-order valence-corrected chi connectivity index (χ0v) is 47.4. The van der Waals surface area contributed by atoms with Crippen LogP contribution >= 0.6 is 0 Å². The van der Waals surface area contributed by atoms with Crippen molar-refractivity contribution in [1.29, 1.82) is 0 Å². The maximum Gasteiger partial charge on any atom is 0.306 e. The largest absolute Gasteiger partial charge is 0.462 e. The molecule has 0 aromatic carbocycles. The van der Waals surface area contributed by atoms with E-state index in [-0.39, 0.29) is 37.5 Å². The second-order valence-corrected chi connectivity index (χ2v) is 19.5. The molecule has 0 heterocycles. The normalized spacial score (nSPS) is 13.0. The van der Waals surface area contributed by atoms with Crippen LogP contribution in [0.3, 0.4) is 0 Å². The van der Waals surface area contributed by atoms with Crippen molar-refractivity contribution in [3.63, 3.8) is 0 Å². The number of hydrogen-bond donors (Lipinski definition) is 0. The Morgan fingerprint density at radius 2 is 0.548 bits per heavy atom. The number of carbonyl (C=O) groups is 3. The second-order valence-electron chi connectivity index (χ2n) is 19.5. The maximum absolute atomic E-state index is 12.9. The van der Waals surface area contributed by atoms with Crippen molar-refractivity contribution < 1.29 is 28.6 Å². The van der Waals surface area contributed by atoms with Gasteiger partial charge in [-0.25, -0.2) is 0 Å². The van der Waals surface area contributed by atoms with Gasteiger partial charge in [0.05, 0.1) is 0 Å². The number of ether oxygens (including phenoxy) is 3. The number of esters is 3. The molecule has 0 aliphatic heterocycles. The molecule has 0 rings (SSSR count). The van der Waals surface area contributed by atoms with Gasteiger partial charge in [-0.15, -0.1) is 0 Å². The summed E-state index contributed by atoms with van der Waals surface area (Å²) in [6.07, 6.45) is 83.4. The third-order valence-corrected chi connectivity index (χ3v) is 12.5. The molecule has 0 saturated heterocycles. The smallest absolute Gasteiger partial charge is 0.306 e. The van der Waals surface area contributed by atoms with Crippen molar-refractivity contribution in [2.75, 3.05) is 13.2 Å². The molecule has 0 aliphatic carbocycles. The lowest BCUT2D eigenvalue weighted by Crippen LogP contribution is -2.30. The van der Waals surface area contributed by atoms with Crippen LogP contribution in [0, 0.1) is 0 Å². The zero-order chi connectivity index (χ0) is 52.9. The van der Waals surface area contributed by atoms with Crippen LogP contribution in [-0.2, 0) is 28.6 Å². The third-order valence-electron chi connectivity index (χ3n) is 12.5. The molecule has 0 aliphatic rings. The molecule has 0 bridgehead atoms. The van der Waals surface area contributed by atoms with E-state index in [0.717, 1.165) is 116 Å². The van der Waals surface area contributed by atoms with Crippen LogP contribution in [0.2, 0.25) is 0 Å². The molecule has 1 unspecified atom stereocenters. The molecular weight excluding hydrogens is 901 g/mol. The predicted molar refractivity (Wildman–Crippen MR) is 316 cm³/mol. The summed E-state index contributed by atoms with van der Waals surface area (Å²) in [5, 5.41) is 0. The number of hydrogen-bond acceptors (Lipinski definition) is 6. The number of allylic oxidation sites excluding steroid dienone is 20. The third kappa shape index (κ3) is 58.6. The molecule has 0 fully saturated rings. The van der Waals surface area contributed by atoms with Crippen LogP contribution in [-0.4, -0.2) is 37.2 Å². The van der Waals surface area contributed by atoms with Gasteiger partial charge in [0.25, 0.3) is 0 Å². The highest BCUT2D eigenvalue weighted by Crippen LogP contribution is 2.15. The highest BCUT2D eigenvalue weighted by atomic mass is 16.6. The van der Waals surface area contributed by atoms with Gasteiger partial charge in [0.15, 0.2) is 6.10 Å². The summed E-state index contributed by atoms with van der Waals surface area (Å²) in [5.74, 6) is -0.972. The quantitative estimate of drug-likeness (QED) is 0.0261. The van der Waals surface area contributed by atoms with E-state index in [1.165, 1.54) is 103 Å². The summed E-state index contributed by atoms with van der Waals surface area (Å²) in [5.41, 5.74) is 0. The standard InChI is InChI=1S/C67H110O6/c1-4-7-10-13-16-19-22-25-28-30-31-32-33-34-35-37-39-42-45-48-51-54-57-60-66(69)72-63-64(62-71-65(68)59-56-53-50-47-44-41-38-27-24-21-18-15-12-9-6-3)73-67(70)61-58-55-52-49-46-43-40-36-29-26-23-20-17-14-11-8-5-2/h7-8,10-11,16-17,19-20,25-26,28-29,31-32,34-35,40,43,49,52,64H,4-6,9,12-15,18,21-24,27,30,33,36-39,41-42,44-48,50-51,53-63H2,1-3H3/b10-7-,11-8-,19-16-,20-17-,28-25-,29-26-,32-31-,35-34-,43-40-,52-49-. The van der Waals surface area contributed by atoms with E-state index in [9.17, 15) is 14.4 Å². The van der Waals surface area contributed by atoms with Gasteiger partial charge in [0, 0.05) is 19.3 Å². The van der Waals surface area contributed by atoms with Crippen molar-refractivity contribution in [2.24, 2.45) is 0 Å². The Kier molecular flexibility index (Phi) is 56.9. The van der Waals surface area contributed by atoms with E-state index in [4.69, 9.17) is 14.2 Å².